The number of ether oxygens (including phenoxy) is 8. The van der Waals surface area contributed by atoms with E-state index in [1.165, 1.54) is 14.0 Å². The van der Waals surface area contributed by atoms with Gasteiger partial charge >= 0.3 is 24.4 Å². The number of rotatable bonds is 16. The number of amides is 5. The summed E-state index contributed by atoms with van der Waals surface area (Å²) < 4.78 is 46.8. The lowest BCUT2D eigenvalue weighted by molar-refractivity contribution is -0.311. The summed E-state index contributed by atoms with van der Waals surface area (Å²) in [6.45, 7) is 20.6. The quantitative estimate of drug-likeness (QED) is 0.0761. The fourth-order valence-electron chi connectivity index (χ4n) is 7.57. The lowest BCUT2D eigenvalue weighted by Crippen LogP contribution is -2.71. The third-order valence-corrected chi connectivity index (χ3v) is 10.3. The number of alkyl carbamates (subject to hydrolysis) is 3. The molecule has 3 rings (SSSR count). The summed E-state index contributed by atoms with van der Waals surface area (Å²) in [5.74, 6) is -0.642. The maximum atomic E-state index is 13.8. The Morgan fingerprint density at radius 2 is 1.26 bits per heavy atom. The molecule has 10 N–H and O–H groups in total. The highest BCUT2D eigenvalue weighted by molar-refractivity contribution is 5.81. The minimum Gasteiger partial charge on any atom is -0.466 e. The summed E-state index contributed by atoms with van der Waals surface area (Å²) in [6, 6.07) is -5.00. The van der Waals surface area contributed by atoms with Crippen molar-refractivity contribution in [2.45, 2.75) is 205 Å². The van der Waals surface area contributed by atoms with Crippen molar-refractivity contribution in [1.29, 1.82) is 0 Å². The third kappa shape index (κ3) is 19.5. The molecule has 24 nitrogen and oxygen atoms in total. The minimum atomic E-state index is -1.90. The molecule has 24 heteroatoms. The summed E-state index contributed by atoms with van der Waals surface area (Å²) >= 11 is 0. The Labute approximate surface area is 404 Å². The molecular weight excluding hydrogens is 913 g/mol. The van der Waals surface area contributed by atoms with E-state index >= 15 is 0 Å². The van der Waals surface area contributed by atoms with Crippen LogP contribution in [0.3, 0.4) is 0 Å². The standard InChI is InChI=1S/C45H80N6O18/c1-41(2,3)66-37(57)47-18-17-28(53)34(56)48-26-21-27(50-39(59)68-43(7,8)9)32(64-35-25(49-38(58)67-42(4,5)6)16-15-24(63-35)22-46-19-20-52)29(54)31(26)65-36-30(55)33(45(13,61)23-62-36)51(14)40(60)69-44(10,11)12/h15,25-33,35-36,46,52-55,61H,16-23H2,1-14H3,(H,47,57)(H,48,56)(H,49,58)(H,50,59). The van der Waals surface area contributed by atoms with Gasteiger partial charge in [0, 0.05) is 20.1 Å². The molecule has 0 aromatic carbocycles. The van der Waals surface area contributed by atoms with Crippen molar-refractivity contribution < 1.29 is 87.4 Å². The zero-order chi connectivity index (χ0) is 52.4. The van der Waals surface area contributed by atoms with Crippen molar-refractivity contribution >= 4 is 30.3 Å². The molecule has 2 fully saturated rings. The molecule has 2 heterocycles. The van der Waals surface area contributed by atoms with E-state index in [4.69, 9.17) is 37.9 Å². The Kier molecular flexibility index (Phi) is 20.7. The van der Waals surface area contributed by atoms with E-state index in [1.807, 2.05) is 0 Å². The van der Waals surface area contributed by atoms with Crippen molar-refractivity contribution in [3.63, 3.8) is 0 Å². The average Bonchev–Trinajstić information content (AvgIpc) is 3.16. The van der Waals surface area contributed by atoms with Gasteiger partial charge in [-0.15, -0.1) is 0 Å². The van der Waals surface area contributed by atoms with Crippen LogP contribution in [0.2, 0.25) is 0 Å². The number of hydrogen-bond acceptors (Lipinski definition) is 19. The van der Waals surface area contributed by atoms with Crippen molar-refractivity contribution in [1.82, 2.24) is 31.5 Å². The van der Waals surface area contributed by atoms with Gasteiger partial charge in [0.05, 0.1) is 43.9 Å². The van der Waals surface area contributed by atoms with E-state index < -0.39 is 132 Å². The van der Waals surface area contributed by atoms with Crippen LogP contribution in [0.5, 0.6) is 0 Å². The Balaban J connectivity index is 2.10. The number of likely N-dealkylation sites (N-methyl/N-ethyl adjacent to an activating group) is 1. The highest BCUT2D eigenvalue weighted by Gasteiger charge is 2.55. The second kappa shape index (κ2) is 24.2. The van der Waals surface area contributed by atoms with Crippen LogP contribution in [0.25, 0.3) is 0 Å². The van der Waals surface area contributed by atoms with Gasteiger partial charge in [0.2, 0.25) is 12.2 Å². The molecule has 2 aliphatic heterocycles. The van der Waals surface area contributed by atoms with Crippen molar-refractivity contribution in [2.24, 2.45) is 0 Å². The fraction of sp³-hybridized carbons (Fsp3) is 0.844. The molecular formula is C45H80N6O18. The van der Waals surface area contributed by atoms with Gasteiger partial charge < -0.3 is 94.9 Å². The van der Waals surface area contributed by atoms with Gasteiger partial charge in [0.25, 0.3) is 0 Å². The van der Waals surface area contributed by atoms with Gasteiger partial charge in [-0.05, 0) is 115 Å². The monoisotopic (exact) mass is 993 g/mol. The van der Waals surface area contributed by atoms with Gasteiger partial charge in [0.1, 0.15) is 64.3 Å². The first kappa shape index (κ1) is 59.0. The van der Waals surface area contributed by atoms with Crippen LogP contribution in [0.4, 0.5) is 19.2 Å². The fourth-order valence-corrected chi connectivity index (χ4v) is 7.57. The predicted molar refractivity (Wildman–Crippen MR) is 245 cm³/mol. The van der Waals surface area contributed by atoms with Crippen molar-refractivity contribution in [3.05, 3.63) is 11.8 Å². The summed E-state index contributed by atoms with van der Waals surface area (Å²) in [7, 11) is 1.31. The first-order valence-corrected chi connectivity index (χ1v) is 23.2. The number of nitrogens with one attached hydrogen (secondary N) is 5. The number of hydrogen-bond donors (Lipinski definition) is 10. The van der Waals surface area contributed by atoms with E-state index in [-0.39, 0.29) is 45.5 Å². The normalized spacial score (nSPS) is 29.2. The molecule has 3 aliphatic rings. The average molecular weight is 993 g/mol. The molecule has 0 aromatic heterocycles. The summed E-state index contributed by atoms with van der Waals surface area (Å²) in [5.41, 5.74) is -5.53. The molecule has 398 valence electrons. The molecule has 0 aromatic rings. The Morgan fingerprint density at radius 1 is 0.754 bits per heavy atom. The van der Waals surface area contributed by atoms with Gasteiger partial charge in [-0.2, -0.15) is 0 Å². The number of carbonyl (C=O) groups excluding carboxylic acids is 5. The smallest absolute Gasteiger partial charge is 0.410 e. The van der Waals surface area contributed by atoms with E-state index in [9.17, 15) is 49.5 Å². The van der Waals surface area contributed by atoms with Crippen LogP contribution in [0, 0.1) is 0 Å². The minimum absolute atomic E-state index is 0.126. The summed E-state index contributed by atoms with van der Waals surface area (Å²) in [6.07, 6.45) is -14.0. The summed E-state index contributed by atoms with van der Waals surface area (Å²) in [5, 5.41) is 69.9. The highest BCUT2D eigenvalue weighted by atomic mass is 16.7. The molecule has 12 unspecified atom stereocenters. The van der Waals surface area contributed by atoms with E-state index in [0.717, 1.165) is 4.90 Å². The molecule has 12 atom stereocenters. The molecule has 1 saturated carbocycles. The Hall–Kier alpha value is -4.27. The van der Waals surface area contributed by atoms with Gasteiger partial charge in [0.15, 0.2) is 6.29 Å². The maximum Gasteiger partial charge on any atom is 0.410 e. The zero-order valence-electron chi connectivity index (χ0n) is 42.6. The lowest BCUT2D eigenvalue weighted by atomic mass is 9.82. The Morgan fingerprint density at radius 3 is 1.80 bits per heavy atom. The zero-order valence-corrected chi connectivity index (χ0v) is 42.6. The number of aliphatic hydroxyl groups is 5. The van der Waals surface area contributed by atoms with Crippen molar-refractivity contribution in [2.75, 3.05) is 39.9 Å². The topological polar surface area (TPSA) is 324 Å². The number of aliphatic hydroxyl groups excluding tert-OH is 4. The highest BCUT2D eigenvalue weighted by Crippen LogP contribution is 2.35. The molecule has 0 spiro atoms. The first-order valence-electron chi connectivity index (χ1n) is 23.2. The molecule has 0 radical (unpaired) electrons. The van der Waals surface area contributed by atoms with Crippen LogP contribution in [0.15, 0.2) is 11.8 Å². The van der Waals surface area contributed by atoms with Gasteiger partial charge in [-0.25, -0.2) is 19.2 Å². The van der Waals surface area contributed by atoms with Crippen LogP contribution >= 0.6 is 0 Å². The SMILES string of the molecule is CN(C(=O)OC(C)(C)C)C1C(O)C(OC2C(NC(=O)C(O)CCNC(=O)OC(C)(C)C)CC(NC(=O)OC(C)(C)C)C(OC3OC(CNCCO)=CCC3NC(=O)OC(C)(C)C)C2O)OCC1(C)O. The van der Waals surface area contributed by atoms with E-state index in [1.54, 1.807) is 89.2 Å². The second-order valence-electron chi connectivity index (χ2n) is 21.6. The predicted octanol–water partition coefficient (Wildman–Crippen LogP) is 0.984. The van der Waals surface area contributed by atoms with Crippen LogP contribution < -0.4 is 26.6 Å². The largest absolute Gasteiger partial charge is 0.466 e. The second-order valence-corrected chi connectivity index (χ2v) is 21.6. The number of nitrogens with zero attached hydrogens (tertiary/aromatic N) is 1. The van der Waals surface area contributed by atoms with Crippen LogP contribution in [0.1, 0.15) is 109 Å². The Bertz CT molecular complexity index is 1760. The van der Waals surface area contributed by atoms with Gasteiger partial charge in [-0.3, -0.25) is 4.79 Å². The van der Waals surface area contributed by atoms with Crippen molar-refractivity contribution in [3.8, 4) is 0 Å². The van der Waals surface area contributed by atoms with Gasteiger partial charge in [-0.1, -0.05) is 0 Å². The molecule has 5 amide bonds. The van der Waals surface area contributed by atoms with Crippen LogP contribution in [-0.4, -0.2) is 196 Å². The maximum absolute atomic E-state index is 13.8. The van der Waals surface area contributed by atoms with E-state index in [2.05, 4.69) is 26.6 Å². The molecule has 1 saturated heterocycles. The molecule has 1 aliphatic carbocycles. The lowest BCUT2D eigenvalue weighted by Gasteiger charge is -2.50. The third-order valence-electron chi connectivity index (χ3n) is 10.3. The summed E-state index contributed by atoms with van der Waals surface area (Å²) in [4.78, 5) is 67.0. The number of carbonyl (C=O) groups is 5. The first-order chi connectivity index (χ1) is 31.6. The van der Waals surface area contributed by atoms with E-state index in [0.29, 0.717) is 5.76 Å². The molecule has 0 bridgehead atoms. The van der Waals surface area contributed by atoms with Crippen LogP contribution in [-0.2, 0) is 42.7 Å². The molecule has 69 heavy (non-hydrogen) atoms.